The lowest BCUT2D eigenvalue weighted by atomic mass is 9.85. The van der Waals surface area contributed by atoms with E-state index < -0.39 is 0 Å². The summed E-state index contributed by atoms with van der Waals surface area (Å²) in [5.74, 6) is 3.91. The highest BCUT2D eigenvalue weighted by Gasteiger charge is 2.31. The van der Waals surface area contributed by atoms with Crippen molar-refractivity contribution in [2.24, 2.45) is 0 Å². The summed E-state index contributed by atoms with van der Waals surface area (Å²) in [4.78, 5) is 2.49. The SMILES string of the molecule is COc1ccc2c(c1)O[C@@H](c1ccc(OCCN3CCCCC3)cc1)C(c1ccc(OC)cc1OC)=C2C. The molecule has 0 unspecified atom stereocenters. The molecule has 6 heteroatoms. The highest BCUT2D eigenvalue weighted by Crippen LogP contribution is 2.49. The number of piperidine rings is 1. The van der Waals surface area contributed by atoms with Crippen LogP contribution in [0.3, 0.4) is 0 Å². The molecule has 1 fully saturated rings. The first-order valence-electron chi connectivity index (χ1n) is 13.3. The highest BCUT2D eigenvalue weighted by atomic mass is 16.5. The third-order valence-corrected chi connectivity index (χ3v) is 7.51. The van der Waals surface area contributed by atoms with Gasteiger partial charge in [-0.3, -0.25) is 4.90 Å². The normalized spacial score (nSPS) is 17.4. The summed E-state index contributed by atoms with van der Waals surface area (Å²) < 4.78 is 29.5. The van der Waals surface area contributed by atoms with Gasteiger partial charge in [-0.25, -0.2) is 0 Å². The van der Waals surface area contributed by atoms with Gasteiger partial charge in [-0.05, 0) is 80.4 Å². The van der Waals surface area contributed by atoms with Crippen molar-refractivity contribution in [2.45, 2.75) is 32.3 Å². The van der Waals surface area contributed by atoms with Gasteiger partial charge in [-0.15, -0.1) is 0 Å². The summed E-state index contributed by atoms with van der Waals surface area (Å²) in [6, 6.07) is 20.1. The van der Waals surface area contributed by atoms with Gasteiger partial charge < -0.3 is 23.7 Å². The van der Waals surface area contributed by atoms with Gasteiger partial charge in [0, 0.05) is 35.4 Å². The summed E-state index contributed by atoms with van der Waals surface area (Å²) in [6.45, 7) is 6.15. The van der Waals surface area contributed by atoms with E-state index in [1.54, 1.807) is 21.3 Å². The van der Waals surface area contributed by atoms with Gasteiger partial charge in [0.05, 0.1) is 21.3 Å². The van der Waals surface area contributed by atoms with Crippen LogP contribution in [0.25, 0.3) is 11.1 Å². The number of methoxy groups -OCH3 is 3. The molecule has 0 aromatic heterocycles. The lowest BCUT2D eigenvalue weighted by Gasteiger charge is -2.32. The van der Waals surface area contributed by atoms with E-state index in [1.807, 2.05) is 42.5 Å². The molecule has 0 bridgehead atoms. The molecule has 0 N–H and O–H groups in total. The first-order valence-corrected chi connectivity index (χ1v) is 13.3. The number of ether oxygens (including phenoxy) is 5. The molecule has 0 radical (unpaired) electrons. The summed E-state index contributed by atoms with van der Waals surface area (Å²) in [5, 5.41) is 0. The molecule has 1 atom stereocenters. The molecule has 2 heterocycles. The van der Waals surface area contributed by atoms with Crippen LogP contribution in [0.4, 0.5) is 0 Å². The van der Waals surface area contributed by atoms with E-state index in [-0.39, 0.29) is 6.10 Å². The van der Waals surface area contributed by atoms with Crippen LogP contribution in [0.1, 0.15) is 49.0 Å². The molecule has 1 saturated heterocycles. The van der Waals surface area contributed by atoms with Crippen LogP contribution in [0.5, 0.6) is 28.7 Å². The van der Waals surface area contributed by atoms with Gasteiger partial charge in [0.2, 0.25) is 0 Å². The smallest absolute Gasteiger partial charge is 0.150 e. The summed E-state index contributed by atoms with van der Waals surface area (Å²) in [5.41, 5.74) is 5.23. The number of nitrogens with zero attached hydrogens (tertiary/aromatic N) is 1. The second-order valence-corrected chi connectivity index (χ2v) is 9.78. The van der Waals surface area contributed by atoms with Crippen molar-refractivity contribution in [3.05, 3.63) is 77.4 Å². The van der Waals surface area contributed by atoms with Gasteiger partial charge in [0.25, 0.3) is 0 Å². The van der Waals surface area contributed by atoms with E-state index in [0.717, 1.165) is 63.1 Å². The summed E-state index contributed by atoms with van der Waals surface area (Å²) in [6.07, 6.45) is 3.59. The average Bonchev–Trinajstić information content (AvgIpc) is 2.97. The Morgan fingerprint density at radius 3 is 2.11 bits per heavy atom. The topological polar surface area (TPSA) is 49.4 Å². The Bertz CT molecular complexity index is 1280. The van der Waals surface area contributed by atoms with E-state index in [9.17, 15) is 0 Å². The molecule has 3 aromatic carbocycles. The van der Waals surface area contributed by atoms with E-state index in [2.05, 4.69) is 30.0 Å². The lowest BCUT2D eigenvalue weighted by Crippen LogP contribution is -2.33. The number of benzene rings is 3. The van der Waals surface area contributed by atoms with Crippen molar-refractivity contribution in [3.8, 4) is 28.7 Å². The molecule has 38 heavy (non-hydrogen) atoms. The van der Waals surface area contributed by atoms with Gasteiger partial charge in [0.15, 0.2) is 0 Å². The van der Waals surface area contributed by atoms with Crippen molar-refractivity contribution < 1.29 is 23.7 Å². The molecule has 0 amide bonds. The van der Waals surface area contributed by atoms with Gasteiger partial charge in [-0.1, -0.05) is 18.6 Å². The maximum Gasteiger partial charge on any atom is 0.150 e. The zero-order valence-electron chi connectivity index (χ0n) is 22.8. The lowest BCUT2D eigenvalue weighted by molar-refractivity contribution is 0.183. The number of fused-ring (bicyclic) bond motifs is 1. The van der Waals surface area contributed by atoms with Crippen molar-refractivity contribution >= 4 is 11.1 Å². The minimum absolute atomic E-state index is 0.334. The fraction of sp³-hybridized carbons (Fsp3) is 0.375. The van der Waals surface area contributed by atoms with Crippen LogP contribution in [0.2, 0.25) is 0 Å². The van der Waals surface area contributed by atoms with Crippen LogP contribution in [-0.4, -0.2) is 52.5 Å². The first kappa shape index (κ1) is 26.0. The monoisotopic (exact) mass is 515 g/mol. The Labute approximate surface area is 225 Å². The van der Waals surface area contributed by atoms with E-state index in [1.165, 1.54) is 32.4 Å². The van der Waals surface area contributed by atoms with Gasteiger partial charge >= 0.3 is 0 Å². The Morgan fingerprint density at radius 2 is 1.42 bits per heavy atom. The second-order valence-electron chi connectivity index (χ2n) is 9.78. The maximum absolute atomic E-state index is 6.68. The molecule has 3 aromatic rings. The molecule has 0 aliphatic carbocycles. The van der Waals surface area contributed by atoms with Crippen LogP contribution >= 0.6 is 0 Å². The fourth-order valence-electron chi connectivity index (χ4n) is 5.38. The highest BCUT2D eigenvalue weighted by molar-refractivity contribution is 5.97. The zero-order chi connectivity index (χ0) is 26.5. The minimum Gasteiger partial charge on any atom is -0.497 e. The van der Waals surface area contributed by atoms with Crippen LogP contribution in [0, 0.1) is 0 Å². The third-order valence-electron chi connectivity index (χ3n) is 7.51. The Morgan fingerprint density at radius 1 is 0.763 bits per heavy atom. The van der Waals surface area contributed by atoms with Gasteiger partial charge in [0.1, 0.15) is 41.5 Å². The molecule has 0 spiro atoms. The van der Waals surface area contributed by atoms with Crippen molar-refractivity contribution in [2.75, 3.05) is 47.6 Å². The van der Waals surface area contributed by atoms with Crippen molar-refractivity contribution in [1.29, 1.82) is 0 Å². The Kier molecular flexibility index (Phi) is 8.08. The molecular weight excluding hydrogens is 478 g/mol. The molecule has 5 rings (SSSR count). The number of hydrogen-bond acceptors (Lipinski definition) is 6. The first-order chi connectivity index (χ1) is 18.6. The predicted octanol–water partition coefficient (Wildman–Crippen LogP) is 6.64. The molecule has 2 aliphatic rings. The Hall–Kier alpha value is -3.64. The van der Waals surface area contributed by atoms with E-state index in [0.29, 0.717) is 6.61 Å². The molecule has 0 saturated carbocycles. The van der Waals surface area contributed by atoms with Crippen molar-refractivity contribution in [1.82, 2.24) is 4.90 Å². The third kappa shape index (κ3) is 5.46. The van der Waals surface area contributed by atoms with E-state index in [4.69, 9.17) is 23.7 Å². The molecule has 6 nitrogen and oxygen atoms in total. The van der Waals surface area contributed by atoms with Crippen LogP contribution in [-0.2, 0) is 0 Å². The van der Waals surface area contributed by atoms with Crippen LogP contribution < -0.4 is 23.7 Å². The van der Waals surface area contributed by atoms with Gasteiger partial charge in [-0.2, -0.15) is 0 Å². The van der Waals surface area contributed by atoms with Crippen LogP contribution in [0.15, 0.2) is 60.7 Å². The number of allylic oxidation sites excluding steroid dienone is 1. The van der Waals surface area contributed by atoms with Crippen molar-refractivity contribution in [3.63, 3.8) is 0 Å². The largest absolute Gasteiger partial charge is 0.497 e. The molecule has 200 valence electrons. The number of likely N-dealkylation sites (tertiary alicyclic amines) is 1. The number of hydrogen-bond donors (Lipinski definition) is 0. The molecular formula is C32H37NO5. The second kappa shape index (κ2) is 11.8. The fourth-order valence-corrected chi connectivity index (χ4v) is 5.38. The predicted molar refractivity (Wildman–Crippen MR) is 151 cm³/mol. The molecule has 2 aliphatic heterocycles. The summed E-state index contributed by atoms with van der Waals surface area (Å²) in [7, 11) is 5.01. The quantitative estimate of drug-likeness (QED) is 0.318. The summed E-state index contributed by atoms with van der Waals surface area (Å²) >= 11 is 0. The zero-order valence-corrected chi connectivity index (χ0v) is 22.8. The minimum atomic E-state index is -0.334. The average molecular weight is 516 g/mol. The van der Waals surface area contributed by atoms with E-state index >= 15 is 0 Å². The standard InChI is InChI=1S/C32H37NO5/c1-22-27-14-12-26(35-3)21-30(27)38-32(31(22)28-15-13-25(34-2)20-29(28)36-4)23-8-10-24(11-9-23)37-19-18-33-16-6-5-7-17-33/h8-15,20-21,32H,5-7,16-19H2,1-4H3/t32-/m0/s1. The Balaban J connectivity index is 1.46. The maximum atomic E-state index is 6.68. The number of rotatable bonds is 9.